The van der Waals surface area contributed by atoms with Crippen LogP contribution in [0.1, 0.15) is 51.7 Å². The number of hydrogen-bond acceptors (Lipinski definition) is 5. The maximum absolute atomic E-state index is 12.7. The molecule has 0 aromatic heterocycles. The normalized spacial score (nSPS) is 21.8. The van der Waals surface area contributed by atoms with E-state index in [1.54, 1.807) is 25.7 Å². The molecule has 0 spiro atoms. The van der Waals surface area contributed by atoms with E-state index in [2.05, 4.69) is 0 Å². The standard InChI is InChI=1S/C20H29NO5/c1-20(2,3)26-19(24)21-13-15(18(23)25-4)10-11-16(21)12-17(22)14-8-6-5-7-9-14/h5-9,15-17,22H,10-13H2,1-4H3. The third-order valence-corrected chi connectivity index (χ3v) is 4.55. The number of ether oxygens (including phenoxy) is 2. The lowest BCUT2D eigenvalue weighted by Crippen LogP contribution is -2.50. The average molecular weight is 363 g/mol. The van der Waals surface area contributed by atoms with E-state index in [4.69, 9.17) is 9.47 Å². The van der Waals surface area contributed by atoms with Crippen LogP contribution >= 0.6 is 0 Å². The van der Waals surface area contributed by atoms with E-state index in [1.165, 1.54) is 7.11 Å². The van der Waals surface area contributed by atoms with Gasteiger partial charge in [0.25, 0.3) is 0 Å². The number of benzene rings is 1. The molecule has 1 aromatic carbocycles. The van der Waals surface area contributed by atoms with E-state index >= 15 is 0 Å². The molecule has 0 bridgehead atoms. The summed E-state index contributed by atoms with van der Waals surface area (Å²) < 4.78 is 10.3. The molecule has 1 aliphatic rings. The summed E-state index contributed by atoms with van der Waals surface area (Å²) >= 11 is 0. The Bertz CT molecular complexity index is 610. The molecule has 1 saturated heterocycles. The van der Waals surface area contributed by atoms with Crippen LogP contribution in [0.3, 0.4) is 0 Å². The maximum Gasteiger partial charge on any atom is 0.410 e. The van der Waals surface area contributed by atoms with Gasteiger partial charge in [0.15, 0.2) is 0 Å². The van der Waals surface area contributed by atoms with Gasteiger partial charge in [-0.25, -0.2) is 4.79 Å². The van der Waals surface area contributed by atoms with E-state index in [1.807, 2.05) is 30.3 Å². The minimum Gasteiger partial charge on any atom is -0.469 e. The zero-order chi connectivity index (χ0) is 19.3. The summed E-state index contributed by atoms with van der Waals surface area (Å²) in [4.78, 5) is 26.2. The van der Waals surface area contributed by atoms with Gasteiger partial charge in [-0.1, -0.05) is 30.3 Å². The van der Waals surface area contributed by atoms with Gasteiger partial charge < -0.3 is 19.5 Å². The zero-order valence-electron chi connectivity index (χ0n) is 16.0. The van der Waals surface area contributed by atoms with E-state index in [0.717, 1.165) is 5.56 Å². The first-order valence-electron chi connectivity index (χ1n) is 9.01. The molecular weight excluding hydrogens is 334 g/mol. The molecule has 6 nitrogen and oxygen atoms in total. The highest BCUT2D eigenvalue weighted by Crippen LogP contribution is 2.31. The van der Waals surface area contributed by atoms with Gasteiger partial charge in [-0.2, -0.15) is 0 Å². The van der Waals surface area contributed by atoms with Crippen LogP contribution in [0.4, 0.5) is 4.79 Å². The summed E-state index contributed by atoms with van der Waals surface area (Å²) in [5, 5.41) is 10.6. The molecule has 3 atom stereocenters. The topological polar surface area (TPSA) is 76.1 Å². The Morgan fingerprint density at radius 1 is 1.23 bits per heavy atom. The summed E-state index contributed by atoms with van der Waals surface area (Å²) in [5.74, 6) is -0.682. The summed E-state index contributed by atoms with van der Waals surface area (Å²) in [6.45, 7) is 5.66. The van der Waals surface area contributed by atoms with Crippen molar-refractivity contribution in [2.75, 3.05) is 13.7 Å². The fourth-order valence-corrected chi connectivity index (χ4v) is 3.24. The van der Waals surface area contributed by atoms with Gasteiger partial charge in [0, 0.05) is 12.6 Å². The fourth-order valence-electron chi connectivity index (χ4n) is 3.24. The van der Waals surface area contributed by atoms with E-state index in [-0.39, 0.29) is 24.5 Å². The van der Waals surface area contributed by atoms with Gasteiger partial charge in [-0.05, 0) is 45.6 Å². The van der Waals surface area contributed by atoms with Crippen molar-refractivity contribution in [3.63, 3.8) is 0 Å². The molecule has 1 heterocycles. The maximum atomic E-state index is 12.7. The van der Waals surface area contributed by atoms with Crippen molar-refractivity contribution in [2.45, 2.75) is 57.8 Å². The first-order valence-corrected chi connectivity index (χ1v) is 9.01. The van der Waals surface area contributed by atoms with E-state index < -0.39 is 17.8 Å². The number of esters is 1. The van der Waals surface area contributed by atoms with Crippen molar-refractivity contribution < 1.29 is 24.2 Å². The third-order valence-electron chi connectivity index (χ3n) is 4.55. The Morgan fingerprint density at radius 3 is 2.46 bits per heavy atom. The number of piperidine rings is 1. The molecule has 3 unspecified atom stereocenters. The first kappa shape index (κ1) is 20.2. The van der Waals surface area contributed by atoms with Crippen LogP contribution in [0.5, 0.6) is 0 Å². The third kappa shape index (κ3) is 5.46. The van der Waals surface area contributed by atoms with Crippen LogP contribution in [0.15, 0.2) is 30.3 Å². The van der Waals surface area contributed by atoms with Crippen molar-refractivity contribution in [2.24, 2.45) is 5.92 Å². The molecule has 0 saturated carbocycles. The van der Waals surface area contributed by atoms with Crippen LogP contribution in [0.25, 0.3) is 0 Å². The Balaban J connectivity index is 2.13. The number of hydrogen-bond donors (Lipinski definition) is 1. The quantitative estimate of drug-likeness (QED) is 0.831. The Kier molecular flexibility index (Phi) is 6.64. The van der Waals surface area contributed by atoms with Crippen LogP contribution in [-0.2, 0) is 14.3 Å². The molecule has 1 fully saturated rings. The van der Waals surface area contributed by atoms with Crippen LogP contribution in [0.2, 0.25) is 0 Å². The molecule has 144 valence electrons. The highest BCUT2D eigenvalue weighted by Gasteiger charge is 2.38. The molecule has 1 amide bonds. The molecule has 2 rings (SSSR count). The highest BCUT2D eigenvalue weighted by molar-refractivity contribution is 5.75. The van der Waals surface area contributed by atoms with Gasteiger partial charge in [-0.3, -0.25) is 4.79 Å². The second-order valence-corrected chi connectivity index (χ2v) is 7.75. The first-order chi connectivity index (χ1) is 12.2. The summed E-state index contributed by atoms with van der Waals surface area (Å²) in [5.41, 5.74) is 0.185. The molecule has 6 heteroatoms. The van der Waals surface area contributed by atoms with Crippen molar-refractivity contribution in [1.82, 2.24) is 4.90 Å². The second kappa shape index (κ2) is 8.54. The van der Waals surface area contributed by atoms with Gasteiger partial charge >= 0.3 is 12.1 Å². The Hall–Kier alpha value is -2.08. The molecule has 0 radical (unpaired) electrons. The molecule has 0 aliphatic carbocycles. The number of carbonyl (C=O) groups is 2. The summed E-state index contributed by atoms with van der Waals surface area (Å²) in [7, 11) is 1.35. The van der Waals surface area contributed by atoms with Crippen LogP contribution < -0.4 is 0 Å². The smallest absolute Gasteiger partial charge is 0.410 e. The predicted octanol–water partition coefficient (Wildman–Crippen LogP) is 3.30. The van der Waals surface area contributed by atoms with Crippen molar-refractivity contribution in [3.8, 4) is 0 Å². The number of amides is 1. The largest absolute Gasteiger partial charge is 0.469 e. The molecule has 1 aromatic rings. The zero-order valence-corrected chi connectivity index (χ0v) is 16.0. The Labute approximate surface area is 155 Å². The van der Waals surface area contributed by atoms with Gasteiger partial charge in [-0.15, -0.1) is 0 Å². The van der Waals surface area contributed by atoms with Crippen LogP contribution in [-0.4, -0.2) is 47.4 Å². The lowest BCUT2D eigenvalue weighted by atomic mass is 9.89. The van der Waals surface area contributed by atoms with E-state index in [0.29, 0.717) is 19.3 Å². The Morgan fingerprint density at radius 2 is 1.88 bits per heavy atom. The fraction of sp³-hybridized carbons (Fsp3) is 0.600. The van der Waals surface area contributed by atoms with Gasteiger partial charge in [0.2, 0.25) is 0 Å². The number of nitrogens with zero attached hydrogens (tertiary/aromatic N) is 1. The minimum atomic E-state index is -0.680. The predicted molar refractivity (Wildman–Crippen MR) is 97.5 cm³/mol. The second-order valence-electron chi connectivity index (χ2n) is 7.75. The number of carbonyl (C=O) groups excluding carboxylic acids is 2. The highest BCUT2D eigenvalue weighted by atomic mass is 16.6. The lowest BCUT2D eigenvalue weighted by Gasteiger charge is -2.40. The lowest BCUT2D eigenvalue weighted by molar-refractivity contribution is -0.147. The molecule has 1 aliphatic heterocycles. The monoisotopic (exact) mass is 363 g/mol. The van der Waals surface area contributed by atoms with Crippen molar-refractivity contribution >= 4 is 12.1 Å². The number of aliphatic hydroxyl groups is 1. The van der Waals surface area contributed by atoms with E-state index in [9.17, 15) is 14.7 Å². The molecule has 26 heavy (non-hydrogen) atoms. The SMILES string of the molecule is COC(=O)C1CCC(CC(O)c2ccccc2)N(C(=O)OC(C)(C)C)C1. The van der Waals surface area contributed by atoms with Crippen molar-refractivity contribution in [3.05, 3.63) is 35.9 Å². The number of methoxy groups -OCH3 is 1. The molecular formula is C20H29NO5. The van der Waals surface area contributed by atoms with Crippen LogP contribution in [0, 0.1) is 5.92 Å². The minimum absolute atomic E-state index is 0.194. The summed E-state index contributed by atoms with van der Waals surface area (Å²) in [6.07, 6.45) is 0.496. The van der Waals surface area contributed by atoms with Gasteiger partial charge in [0.05, 0.1) is 19.1 Å². The number of rotatable bonds is 4. The number of aliphatic hydroxyl groups excluding tert-OH is 1. The van der Waals surface area contributed by atoms with Crippen molar-refractivity contribution in [1.29, 1.82) is 0 Å². The number of likely N-dealkylation sites (tertiary alicyclic amines) is 1. The average Bonchev–Trinajstić information content (AvgIpc) is 2.60. The molecule has 1 N–H and O–H groups in total. The summed E-state index contributed by atoms with van der Waals surface area (Å²) in [6, 6.07) is 9.17. The van der Waals surface area contributed by atoms with Gasteiger partial charge in [0.1, 0.15) is 5.60 Å².